The minimum Gasteiger partial charge on any atom is -0.394 e. The molecule has 30 fully saturated rings. The van der Waals surface area contributed by atoms with Gasteiger partial charge in [0.15, 0.2) is 50.3 Å². The van der Waals surface area contributed by atoms with Crippen molar-refractivity contribution in [1.82, 2.24) is 0 Å². The fourth-order valence-electron chi connectivity index (χ4n) is 11.9. The molecule has 30 saturated heterocycles. The van der Waals surface area contributed by atoms with E-state index in [1.54, 1.807) is 22.6 Å². The molecule has 0 aliphatic carbocycles. The van der Waals surface area contributed by atoms with E-state index in [1.807, 2.05) is 0 Å². The van der Waals surface area contributed by atoms with E-state index in [1.165, 1.54) is 0 Å². The Balaban J connectivity index is 0.975. The van der Waals surface area contributed by atoms with E-state index in [2.05, 4.69) is 0 Å². The maximum Gasteiger partial charge on any atom is 0.187 e. The molecule has 0 saturated carbocycles. The van der Waals surface area contributed by atoms with E-state index in [0.717, 1.165) is 0 Å². The van der Waals surface area contributed by atoms with Crippen LogP contribution >= 0.6 is 22.6 Å². The van der Waals surface area contributed by atoms with Crippen LogP contribution in [0.25, 0.3) is 0 Å². The number of aliphatic hydroxyl groups excluding tert-OH is 23. The van der Waals surface area contributed by atoms with Crippen molar-refractivity contribution in [2.24, 2.45) is 0 Å². The Labute approximate surface area is 510 Å². The van der Waals surface area contributed by atoms with Gasteiger partial charge in [-0.1, -0.05) is 22.6 Å². The molecule has 40 atom stereocenters. The van der Waals surface area contributed by atoms with E-state index in [9.17, 15) is 117 Å². The molecular formula is C48H79IO39. The fourth-order valence-corrected chi connectivity index (χ4v) is 12.6. The first-order chi connectivity index (χ1) is 41.9. The molecule has 0 spiro atoms. The number of ether oxygens (including phenoxy) is 16. The number of hydrogen-bond donors (Lipinski definition) is 23. The molecule has 40 heteroatoms. The third kappa shape index (κ3) is 14.1. The highest BCUT2D eigenvalue weighted by atomic mass is 127. The molecular weight excluding hydrogens is 1330 g/mol. The second-order valence-electron chi connectivity index (χ2n) is 22.4. The molecule has 30 aliphatic heterocycles. The molecule has 0 aromatic heterocycles. The molecule has 0 amide bonds. The van der Waals surface area contributed by atoms with Gasteiger partial charge in [0.1, 0.15) is 189 Å². The lowest BCUT2D eigenvalue weighted by Gasteiger charge is -2.50. The van der Waals surface area contributed by atoms with Crippen LogP contribution in [-0.2, 0) is 75.8 Å². The third-order valence-electron chi connectivity index (χ3n) is 16.9. The Morgan fingerprint density at radius 1 is 0.170 bits per heavy atom. The van der Waals surface area contributed by atoms with Gasteiger partial charge in [-0.3, -0.25) is 0 Å². The predicted molar refractivity (Wildman–Crippen MR) is 273 cm³/mol. The van der Waals surface area contributed by atoms with Gasteiger partial charge in [-0.2, -0.15) is 0 Å². The van der Waals surface area contributed by atoms with Crippen LogP contribution in [0.15, 0.2) is 0 Å². The second-order valence-corrected chi connectivity index (χ2v) is 23.3. The Morgan fingerprint density at radius 3 is 0.398 bits per heavy atom. The zero-order valence-corrected chi connectivity index (χ0v) is 48.1. The van der Waals surface area contributed by atoms with Gasteiger partial charge in [-0.05, 0) is 0 Å². The average Bonchev–Trinajstić information content (AvgIpc) is 1.09. The van der Waals surface area contributed by atoms with Crippen LogP contribution in [0.4, 0.5) is 0 Å². The summed E-state index contributed by atoms with van der Waals surface area (Å²) in [6, 6.07) is 0. The molecule has 0 aromatic carbocycles. The molecule has 512 valence electrons. The first-order valence-electron chi connectivity index (χ1n) is 28.1. The van der Waals surface area contributed by atoms with Crippen molar-refractivity contribution >= 4 is 22.6 Å². The molecule has 30 aliphatic rings. The van der Waals surface area contributed by atoms with Crippen molar-refractivity contribution < 1.29 is 193 Å². The van der Waals surface area contributed by atoms with Gasteiger partial charge >= 0.3 is 0 Å². The van der Waals surface area contributed by atoms with E-state index in [4.69, 9.17) is 75.8 Å². The van der Waals surface area contributed by atoms with Crippen LogP contribution in [0.5, 0.6) is 0 Å². The zero-order valence-electron chi connectivity index (χ0n) is 45.9. The first-order valence-corrected chi connectivity index (χ1v) is 29.6. The maximum absolute atomic E-state index is 11.5. The van der Waals surface area contributed by atoms with Crippen LogP contribution in [0.2, 0.25) is 0 Å². The van der Waals surface area contributed by atoms with Gasteiger partial charge in [0.25, 0.3) is 0 Å². The highest BCUT2D eigenvalue weighted by molar-refractivity contribution is 14.1. The zero-order chi connectivity index (χ0) is 64.1. The van der Waals surface area contributed by atoms with Gasteiger partial charge in [-0.15, -0.1) is 0 Å². The van der Waals surface area contributed by atoms with E-state index < -0.39 is 292 Å². The van der Waals surface area contributed by atoms with Gasteiger partial charge in [0.2, 0.25) is 0 Å². The summed E-state index contributed by atoms with van der Waals surface area (Å²) in [5, 5.41) is 255. The van der Waals surface area contributed by atoms with Gasteiger partial charge in [0.05, 0.1) is 52.4 Å². The summed E-state index contributed by atoms with van der Waals surface area (Å²) in [6.07, 6.45) is -79.8. The molecule has 16 bridgehead atoms. The fraction of sp³-hybridized carbons (Fsp3) is 1.00. The second kappa shape index (κ2) is 30.5. The van der Waals surface area contributed by atoms with Crippen LogP contribution in [-0.4, -0.2) is 414 Å². The highest BCUT2D eigenvalue weighted by Crippen LogP contribution is 2.40. The summed E-state index contributed by atoms with van der Waals surface area (Å²) >= 11 is 1.78. The topological polar surface area (TPSA) is 613 Å². The van der Waals surface area contributed by atoms with Crippen molar-refractivity contribution in [3.63, 3.8) is 0 Å². The van der Waals surface area contributed by atoms with Crippen molar-refractivity contribution in [2.75, 3.05) is 50.7 Å². The summed E-state index contributed by atoms with van der Waals surface area (Å²) in [7, 11) is 0. The summed E-state index contributed by atoms with van der Waals surface area (Å²) in [5.74, 6) is 0. The van der Waals surface area contributed by atoms with E-state index >= 15 is 0 Å². The van der Waals surface area contributed by atoms with E-state index in [0.29, 0.717) is 0 Å². The van der Waals surface area contributed by atoms with Crippen molar-refractivity contribution in [1.29, 1.82) is 0 Å². The van der Waals surface area contributed by atoms with Crippen molar-refractivity contribution in [3.05, 3.63) is 0 Å². The summed E-state index contributed by atoms with van der Waals surface area (Å²) in [5.41, 5.74) is 0. The average molecular weight is 1410 g/mol. The monoisotopic (exact) mass is 1410 g/mol. The number of aliphatic hydroxyl groups is 23. The Bertz CT molecular complexity index is 1710. The van der Waals surface area contributed by atoms with Gasteiger partial charge in [0, 0.05) is 4.43 Å². The van der Waals surface area contributed by atoms with Gasteiger partial charge in [-0.25, -0.2) is 0 Å². The van der Waals surface area contributed by atoms with Crippen LogP contribution in [0, 0.1) is 0 Å². The van der Waals surface area contributed by atoms with Crippen LogP contribution in [0.1, 0.15) is 0 Å². The number of hydrogen-bond acceptors (Lipinski definition) is 39. The smallest absolute Gasteiger partial charge is 0.187 e. The van der Waals surface area contributed by atoms with Crippen LogP contribution < -0.4 is 0 Å². The lowest BCUT2D eigenvalue weighted by atomic mass is 9.95. The Morgan fingerprint density at radius 2 is 0.284 bits per heavy atom. The van der Waals surface area contributed by atoms with Crippen LogP contribution in [0.3, 0.4) is 0 Å². The summed E-state index contributed by atoms with van der Waals surface area (Å²) in [4.78, 5) is 0. The van der Waals surface area contributed by atoms with Crippen molar-refractivity contribution in [3.8, 4) is 0 Å². The number of rotatable bonds is 8. The third-order valence-corrected chi connectivity index (χ3v) is 17.7. The molecule has 23 N–H and O–H groups in total. The van der Waals surface area contributed by atoms with E-state index in [-0.39, 0.29) is 4.43 Å². The summed E-state index contributed by atoms with van der Waals surface area (Å²) in [6.45, 7) is -7.40. The lowest BCUT2D eigenvalue weighted by molar-refractivity contribution is -0.403. The standard InChI is InChI=1S/C48H79IO39/c49-1-9-33-17(57)25(65)41(73-9)82-34-10(2-50)75-43(27(67)19(34)59)84-36-12(4-52)77-45(29(69)21(36)61)86-38-14(6-54)79-47(31(71)23(38)63)88-40-16(8-56)80-48(32(72)24(40)64)87-39-15(7-55)78-46(30(70)22(39)62)85-37-13(5-53)76-44(28(68)20(37)60)83-35-11(3-51)74-42(81-33)26(66)18(35)58/h9-48,50-72H,1-8H2/t9-,10-,11-,12-,13-,14-,15-,16-,17-,18-,19-,20-,21-,22-,23-,24-,25-,26-,27-,28-,29-,30-,31-,32-,33-,34-,35-,36-,37-,38-,39-,40-,41-,42-,43-,44-,45-,46-,47-,48-/m1/s1. The number of alkyl halides is 1. The maximum atomic E-state index is 11.5. The quantitative estimate of drug-likeness (QED) is 0.0793. The summed E-state index contributed by atoms with van der Waals surface area (Å²) < 4.78 is 91.8. The van der Waals surface area contributed by atoms with Crippen molar-refractivity contribution in [2.45, 2.75) is 246 Å². The largest absolute Gasteiger partial charge is 0.394 e. The highest BCUT2D eigenvalue weighted by Gasteiger charge is 2.60. The first kappa shape index (κ1) is 71.5. The molecule has 30 heterocycles. The Hall–Kier alpha value is -0.830. The number of halogens is 1. The minimum atomic E-state index is -2.24. The molecule has 39 nitrogen and oxygen atoms in total. The molecule has 0 radical (unpaired) electrons. The molecule has 0 unspecified atom stereocenters. The lowest BCUT2D eigenvalue weighted by Crippen LogP contribution is -2.69. The molecule has 88 heavy (non-hydrogen) atoms. The normalized spacial score (nSPS) is 55.4. The van der Waals surface area contributed by atoms with Gasteiger partial charge < -0.3 is 193 Å². The predicted octanol–water partition coefficient (Wildman–Crippen LogP) is -16.0. The Kier molecular flexibility index (Phi) is 24.8. The molecule has 0 aromatic rings. The molecule has 30 rings (SSSR count). The SMILES string of the molecule is OC[C@H]1O[C@@H]2O[C@H]3[C@H](O)[C@@H](O)[C@@H](O[C@H]4[C@H](O)[C@@H](O)[C@@H](O[C@H]5[C@H](O)[C@@H](O)[C@@H](O[C@H]6[C@H](O)[C@@H](O)[C@@H](O[C@H]7[C@H](O)[C@@H](O)[C@@H](O[C@H]8[C@H](O)[C@@H](O)[C@@H](O[C@H]9[C@H](O)[C@@H](O)[C@@H](O[C@H]1[C@H](O)[C@H]2O)O[C@@H]9CO)O[C@@H]8CO)O[C@@H]7CO)O[C@@H]6CI)O[C@@H]5CO)O[C@@H]4CO)O[C@@H]3CO. The minimum absolute atomic E-state index is 0.110.